The Morgan fingerprint density at radius 1 is 1.48 bits per heavy atom. The molecule has 0 saturated heterocycles. The van der Waals surface area contributed by atoms with Crippen LogP contribution >= 0.6 is 27.3 Å². The molecule has 0 aliphatic heterocycles. The van der Waals surface area contributed by atoms with Gasteiger partial charge >= 0.3 is 5.97 Å². The highest BCUT2D eigenvalue weighted by Gasteiger charge is 2.32. The molecule has 0 aliphatic carbocycles. The standard InChI is InChI=1S/C14H15BrN2O3S/c1-14(2,12(18)19)11-7-21-13(17-11)16-8-4-5-10(20-3)9(15)6-8/h4-7H,1-3H3,(H,16,17)(H,18,19). The van der Waals surface area contributed by atoms with Gasteiger partial charge in [-0.15, -0.1) is 11.3 Å². The van der Waals surface area contributed by atoms with Gasteiger partial charge in [0.2, 0.25) is 0 Å². The number of methoxy groups -OCH3 is 1. The van der Waals surface area contributed by atoms with E-state index in [4.69, 9.17) is 4.74 Å². The largest absolute Gasteiger partial charge is 0.496 e. The highest BCUT2D eigenvalue weighted by Crippen LogP contribution is 2.32. The van der Waals surface area contributed by atoms with Crippen LogP contribution in [-0.2, 0) is 10.2 Å². The fraction of sp³-hybridized carbons (Fsp3) is 0.286. The molecule has 2 rings (SSSR count). The number of thiazole rings is 1. The number of carbonyl (C=O) groups is 1. The highest BCUT2D eigenvalue weighted by atomic mass is 79.9. The molecule has 0 bridgehead atoms. The molecule has 0 fully saturated rings. The van der Waals surface area contributed by atoms with Crippen LogP contribution in [-0.4, -0.2) is 23.2 Å². The Morgan fingerprint density at radius 3 is 2.76 bits per heavy atom. The second-order valence-electron chi connectivity index (χ2n) is 4.94. The predicted octanol–water partition coefficient (Wildman–Crippen LogP) is 4.02. The summed E-state index contributed by atoms with van der Waals surface area (Å²) >= 11 is 4.79. The molecule has 7 heteroatoms. The summed E-state index contributed by atoms with van der Waals surface area (Å²) in [7, 11) is 1.61. The first kappa shape index (κ1) is 15.8. The number of nitrogens with zero attached hydrogens (tertiary/aromatic N) is 1. The van der Waals surface area contributed by atoms with E-state index in [-0.39, 0.29) is 0 Å². The normalized spacial score (nSPS) is 11.2. The van der Waals surface area contributed by atoms with Crippen molar-refractivity contribution < 1.29 is 14.6 Å². The second kappa shape index (κ2) is 6.03. The molecule has 1 aromatic carbocycles. The first-order chi connectivity index (χ1) is 9.84. The fourth-order valence-electron chi connectivity index (χ4n) is 1.60. The maximum atomic E-state index is 11.2. The Hall–Kier alpha value is -1.60. The number of ether oxygens (including phenoxy) is 1. The smallest absolute Gasteiger partial charge is 0.315 e. The third-order valence-corrected chi connectivity index (χ3v) is 4.46. The summed E-state index contributed by atoms with van der Waals surface area (Å²) in [5.41, 5.74) is 0.378. The summed E-state index contributed by atoms with van der Waals surface area (Å²) in [6, 6.07) is 5.58. The minimum absolute atomic E-state index is 0.537. The summed E-state index contributed by atoms with van der Waals surface area (Å²) in [5.74, 6) is -0.154. The zero-order valence-electron chi connectivity index (χ0n) is 11.8. The summed E-state index contributed by atoms with van der Waals surface area (Å²) in [5, 5.41) is 14.8. The van der Waals surface area contributed by atoms with Crippen molar-refractivity contribution >= 4 is 44.1 Å². The molecule has 0 atom stereocenters. The molecule has 21 heavy (non-hydrogen) atoms. The molecule has 0 spiro atoms. The van der Waals surface area contributed by atoms with Crippen molar-refractivity contribution in [3.63, 3.8) is 0 Å². The Balaban J connectivity index is 2.20. The van der Waals surface area contributed by atoms with Crippen molar-refractivity contribution in [2.75, 3.05) is 12.4 Å². The van der Waals surface area contributed by atoms with Gasteiger partial charge in [0, 0.05) is 11.1 Å². The molecular weight excluding hydrogens is 356 g/mol. The Labute approximate surface area is 135 Å². The predicted molar refractivity (Wildman–Crippen MR) is 86.8 cm³/mol. The molecule has 0 aliphatic rings. The molecule has 2 N–H and O–H groups in total. The lowest BCUT2D eigenvalue weighted by Gasteiger charge is -2.15. The average Bonchev–Trinajstić information content (AvgIpc) is 2.88. The molecule has 1 aromatic heterocycles. The van der Waals surface area contributed by atoms with Gasteiger partial charge in [-0.25, -0.2) is 4.98 Å². The number of nitrogens with one attached hydrogen (secondary N) is 1. The zero-order chi connectivity index (χ0) is 15.6. The van der Waals surface area contributed by atoms with Crippen LogP contribution < -0.4 is 10.1 Å². The van der Waals surface area contributed by atoms with Gasteiger partial charge in [0.05, 0.1) is 17.3 Å². The van der Waals surface area contributed by atoms with Crippen LogP contribution in [0.25, 0.3) is 0 Å². The van der Waals surface area contributed by atoms with E-state index in [1.165, 1.54) is 11.3 Å². The lowest BCUT2D eigenvalue weighted by atomic mass is 9.90. The number of anilines is 2. The van der Waals surface area contributed by atoms with Crippen LogP contribution in [0.3, 0.4) is 0 Å². The molecule has 0 amide bonds. The summed E-state index contributed by atoms with van der Waals surface area (Å²) in [4.78, 5) is 15.6. The van der Waals surface area contributed by atoms with Crippen LogP contribution in [0.1, 0.15) is 19.5 Å². The zero-order valence-corrected chi connectivity index (χ0v) is 14.2. The number of halogens is 1. The topological polar surface area (TPSA) is 71.5 Å². The Kier molecular flexibility index (Phi) is 4.53. The summed E-state index contributed by atoms with van der Waals surface area (Å²) in [6.45, 7) is 3.27. The van der Waals surface area contributed by atoms with E-state index >= 15 is 0 Å². The van der Waals surface area contributed by atoms with Crippen molar-refractivity contribution in [1.82, 2.24) is 4.98 Å². The molecule has 2 aromatic rings. The average molecular weight is 371 g/mol. The van der Waals surface area contributed by atoms with Gasteiger partial charge in [-0.1, -0.05) is 0 Å². The number of hydrogen-bond donors (Lipinski definition) is 2. The van der Waals surface area contributed by atoms with Crippen molar-refractivity contribution in [2.45, 2.75) is 19.3 Å². The minimum Gasteiger partial charge on any atom is -0.496 e. The quantitative estimate of drug-likeness (QED) is 0.831. The number of hydrogen-bond acceptors (Lipinski definition) is 5. The molecule has 0 radical (unpaired) electrons. The van der Waals surface area contributed by atoms with Crippen molar-refractivity contribution in [2.24, 2.45) is 0 Å². The van der Waals surface area contributed by atoms with Gasteiger partial charge in [0.25, 0.3) is 0 Å². The first-order valence-corrected chi connectivity index (χ1v) is 7.82. The van der Waals surface area contributed by atoms with E-state index in [9.17, 15) is 9.90 Å². The molecule has 5 nitrogen and oxygen atoms in total. The van der Waals surface area contributed by atoms with Crippen LogP contribution in [0.5, 0.6) is 5.75 Å². The van der Waals surface area contributed by atoms with E-state index in [1.54, 1.807) is 26.3 Å². The van der Waals surface area contributed by atoms with Crippen molar-refractivity contribution in [3.8, 4) is 5.75 Å². The fourth-order valence-corrected chi connectivity index (χ4v) is 3.03. The van der Waals surface area contributed by atoms with Crippen LogP contribution in [0.15, 0.2) is 28.1 Å². The van der Waals surface area contributed by atoms with Gasteiger partial charge in [0.1, 0.15) is 11.2 Å². The minimum atomic E-state index is -1.00. The Morgan fingerprint density at radius 2 is 2.19 bits per heavy atom. The number of rotatable bonds is 5. The van der Waals surface area contributed by atoms with Gasteiger partial charge < -0.3 is 15.2 Å². The van der Waals surface area contributed by atoms with Gasteiger partial charge in [-0.3, -0.25) is 4.79 Å². The number of carboxylic acid groups (broad SMARTS) is 1. The van der Waals surface area contributed by atoms with Crippen LogP contribution in [0.2, 0.25) is 0 Å². The Bertz CT molecular complexity index is 670. The summed E-state index contributed by atoms with van der Waals surface area (Å²) < 4.78 is 6.00. The lowest BCUT2D eigenvalue weighted by Crippen LogP contribution is -2.28. The second-order valence-corrected chi connectivity index (χ2v) is 6.65. The number of aromatic nitrogens is 1. The van der Waals surface area contributed by atoms with Crippen LogP contribution in [0, 0.1) is 0 Å². The number of aliphatic carboxylic acids is 1. The van der Waals surface area contributed by atoms with E-state index in [1.807, 2.05) is 18.2 Å². The third kappa shape index (κ3) is 3.36. The summed E-state index contributed by atoms with van der Waals surface area (Å²) in [6.07, 6.45) is 0. The van der Waals surface area contributed by atoms with Gasteiger partial charge in [-0.05, 0) is 48.0 Å². The van der Waals surface area contributed by atoms with Gasteiger partial charge in [0.15, 0.2) is 5.13 Å². The molecule has 112 valence electrons. The van der Waals surface area contributed by atoms with E-state index < -0.39 is 11.4 Å². The lowest BCUT2D eigenvalue weighted by molar-refractivity contribution is -0.142. The van der Waals surface area contributed by atoms with E-state index in [0.29, 0.717) is 10.8 Å². The first-order valence-electron chi connectivity index (χ1n) is 6.14. The molecule has 0 unspecified atom stereocenters. The molecular formula is C14H15BrN2O3S. The van der Waals surface area contributed by atoms with Crippen LogP contribution in [0.4, 0.5) is 10.8 Å². The number of benzene rings is 1. The van der Waals surface area contributed by atoms with Crippen molar-refractivity contribution in [1.29, 1.82) is 0 Å². The van der Waals surface area contributed by atoms with E-state index in [2.05, 4.69) is 26.2 Å². The molecule has 1 heterocycles. The highest BCUT2D eigenvalue weighted by molar-refractivity contribution is 9.10. The maximum Gasteiger partial charge on any atom is 0.315 e. The number of carboxylic acids is 1. The SMILES string of the molecule is COc1ccc(Nc2nc(C(C)(C)C(=O)O)cs2)cc1Br. The third-order valence-electron chi connectivity index (χ3n) is 3.08. The molecule has 0 saturated carbocycles. The van der Waals surface area contributed by atoms with Gasteiger partial charge in [-0.2, -0.15) is 0 Å². The van der Waals surface area contributed by atoms with E-state index in [0.717, 1.165) is 15.9 Å². The monoisotopic (exact) mass is 370 g/mol. The maximum absolute atomic E-state index is 11.2. The van der Waals surface area contributed by atoms with Crippen molar-refractivity contribution in [3.05, 3.63) is 33.7 Å².